The number of hydrogen-bond acceptors (Lipinski definition) is 6. The van der Waals surface area contributed by atoms with Crippen molar-refractivity contribution in [2.75, 3.05) is 36.0 Å². The molecule has 0 saturated heterocycles. The monoisotopic (exact) mass is 315 g/mol. The van der Waals surface area contributed by atoms with Crippen molar-refractivity contribution in [2.45, 2.75) is 33.6 Å². The van der Waals surface area contributed by atoms with E-state index < -0.39 is 10.0 Å². The summed E-state index contributed by atoms with van der Waals surface area (Å²) < 4.78 is 25.6. The molecule has 7 nitrogen and oxygen atoms in total. The van der Waals surface area contributed by atoms with Crippen LogP contribution in [0.2, 0.25) is 0 Å². The molecule has 0 bridgehead atoms. The lowest BCUT2D eigenvalue weighted by molar-refractivity contribution is 0.584. The Hall–Kier alpha value is -1.41. The lowest BCUT2D eigenvalue weighted by Crippen LogP contribution is -2.29. The van der Waals surface area contributed by atoms with Crippen LogP contribution in [0.4, 0.5) is 11.6 Å². The summed E-state index contributed by atoms with van der Waals surface area (Å²) in [6.07, 6.45) is 3.27. The molecule has 1 rings (SSSR count). The number of sulfonamides is 1. The number of nitrogens with zero attached hydrogens (tertiary/aromatic N) is 2. The molecule has 21 heavy (non-hydrogen) atoms. The topological polar surface area (TPSA) is 96.0 Å². The van der Waals surface area contributed by atoms with E-state index in [4.69, 9.17) is 0 Å². The van der Waals surface area contributed by atoms with E-state index in [0.29, 0.717) is 18.9 Å². The zero-order valence-electron chi connectivity index (χ0n) is 12.9. The molecule has 0 aliphatic rings. The van der Waals surface area contributed by atoms with Gasteiger partial charge in [0.25, 0.3) is 0 Å². The standard InChI is InChI=1S/C13H25N5O2S/c1-4-7-14-12-11(5-2)13(17-10-16-12)15-8-9-21(19,20)18-6-3/h10,18H,4-9H2,1-3H3,(H2,14,15,16,17). The number of hydrogen-bond donors (Lipinski definition) is 3. The van der Waals surface area contributed by atoms with E-state index in [1.165, 1.54) is 6.33 Å². The Bertz CT molecular complexity index is 533. The first kappa shape index (κ1) is 17.6. The van der Waals surface area contributed by atoms with E-state index >= 15 is 0 Å². The minimum Gasteiger partial charge on any atom is -0.370 e. The van der Waals surface area contributed by atoms with Crippen molar-refractivity contribution < 1.29 is 8.42 Å². The van der Waals surface area contributed by atoms with Crippen molar-refractivity contribution in [3.63, 3.8) is 0 Å². The van der Waals surface area contributed by atoms with Gasteiger partial charge in [-0.1, -0.05) is 20.8 Å². The van der Waals surface area contributed by atoms with Crippen molar-refractivity contribution in [3.8, 4) is 0 Å². The molecule has 0 spiro atoms. The molecule has 1 heterocycles. The SMILES string of the molecule is CCCNc1ncnc(NCCS(=O)(=O)NCC)c1CC. The van der Waals surface area contributed by atoms with Crippen LogP contribution in [-0.2, 0) is 16.4 Å². The second kappa shape index (κ2) is 8.78. The Morgan fingerprint density at radius 2 is 1.67 bits per heavy atom. The van der Waals surface area contributed by atoms with Crippen LogP contribution in [-0.4, -0.2) is 43.8 Å². The van der Waals surface area contributed by atoms with Gasteiger partial charge in [-0.2, -0.15) is 0 Å². The molecule has 0 aliphatic carbocycles. The summed E-state index contributed by atoms with van der Waals surface area (Å²) in [6.45, 7) is 7.43. The fourth-order valence-electron chi connectivity index (χ4n) is 1.89. The Balaban J connectivity index is 2.70. The third-order valence-electron chi connectivity index (χ3n) is 2.87. The fraction of sp³-hybridized carbons (Fsp3) is 0.692. The second-order valence-electron chi connectivity index (χ2n) is 4.57. The van der Waals surface area contributed by atoms with Crippen LogP contribution in [0.3, 0.4) is 0 Å². The van der Waals surface area contributed by atoms with E-state index in [1.54, 1.807) is 6.92 Å². The van der Waals surface area contributed by atoms with Crippen LogP contribution in [0.5, 0.6) is 0 Å². The summed E-state index contributed by atoms with van der Waals surface area (Å²) >= 11 is 0. The van der Waals surface area contributed by atoms with Gasteiger partial charge in [-0.05, 0) is 12.8 Å². The van der Waals surface area contributed by atoms with Gasteiger partial charge in [-0.15, -0.1) is 0 Å². The average molecular weight is 315 g/mol. The molecule has 0 radical (unpaired) electrons. The van der Waals surface area contributed by atoms with Crippen molar-refractivity contribution in [2.24, 2.45) is 0 Å². The molecule has 0 amide bonds. The Kier molecular flexibility index (Phi) is 7.38. The number of nitrogens with one attached hydrogen (secondary N) is 3. The third-order valence-corrected chi connectivity index (χ3v) is 4.34. The molecule has 0 aromatic carbocycles. The molecule has 1 aromatic rings. The van der Waals surface area contributed by atoms with Crippen molar-refractivity contribution in [1.82, 2.24) is 14.7 Å². The molecule has 8 heteroatoms. The second-order valence-corrected chi connectivity index (χ2v) is 6.50. The zero-order chi connectivity index (χ0) is 15.7. The minimum atomic E-state index is -3.22. The normalized spacial score (nSPS) is 11.4. The highest BCUT2D eigenvalue weighted by Gasteiger charge is 2.11. The highest BCUT2D eigenvalue weighted by atomic mass is 32.2. The quantitative estimate of drug-likeness (QED) is 0.600. The maximum atomic E-state index is 11.6. The highest BCUT2D eigenvalue weighted by Crippen LogP contribution is 2.20. The van der Waals surface area contributed by atoms with Crippen LogP contribution >= 0.6 is 0 Å². The maximum absolute atomic E-state index is 11.6. The van der Waals surface area contributed by atoms with Crippen molar-refractivity contribution in [1.29, 1.82) is 0 Å². The van der Waals surface area contributed by atoms with Gasteiger partial charge in [0.15, 0.2) is 0 Å². The van der Waals surface area contributed by atoms with Crippen LogP contribution in [0.1, 0.15) is 32.8 Å². The summed E-state index contributed by atoms with van der Waals surface area (Å²) in [5, 5.41) is 6.34. The molecule has 3 N–H and O–H groups in total. The zero-order valence-corrected chi connectivity index (χ0v) is 13.8. The number of aromatic nitrogens is 2. The van der Waals surface area contributed by atoms with Crippen molar-refractivity contribution >= 4 is 21.7 Å². The predicted octanol–water partition coefficient (Wildman–Crippen LogP) is 1.21. The van der Waals surface area contributed by atoms with Gasteiger partial charge < -0.3 is 10.6 Å². The van der Waals surface area contributed by atoms with Crippen molar-refractivity contribution in [3.05, 3.63) is 11.9 Å². The van der Waals surface area contributed by atoms with Crippen LogP contribution in [0.25, 0.3) is 0 Å². The van der Waals surface area contributed by atoms with Crippen LogP contribution in [0, 0.1) is 0 Å². The van der Waals surface area contributed by atoms with E-state index in [2.05, 4.69) is 32.2 Å². The summed E-state index contributed by atoms with van der Waals surface area (Å²) in [6, 6.07) is 0. The number of anilines is 2. The van der Waals surface area contributed by atoms with E-state index in [9.17, 15) is 8.42 Å². The third kappa shape index (κ3) is 5.84. The molecule has 0 saturated carbocycles. The minimum absolute atomic E-state index is 0.0196. The molecule has 0 fully saturated rings. The van der Waals surface area contributed by atoms with E-state index in [-0.39, 0.29) is 5.75 Å². The van der Waals surface area contributed by atoms with E-state index in [1.807, 2.05) is 6.92 Å². The molecular weight excluding hydrogens is 290 g/mol. The van der Waals surface area contributed by atoms with Gasteiger partial charge in [-0.3, -0.25) is 0 Å². The van der Waals surface area contributed by atoms with Crippen LogP contribution < -0.4 is 15.4 Å². The Morgan fingerprint density at radius 3 is 2.19 bits per heavy atom. The summed E-state index contributed by atoms with van der Waals surface area (Å²) in [5.74, 6) is 1.52. The fourth-order valence-corrected chi connectivity index (χ4v) is 2.85. The van der Waals surface area contributed by atoms with Gasteiger partial charge in [0.1, 0.15) is 18.0 Å². The van der Waals surface area contributed by atoms with Crippen LogP contribution in [0.15, 0.2) is 6.33 Å². The molecule has 1 aromatic heterocycles. The molecule has 0 atom stereocenters. The van der Waals surface area contributed by atoms with Gasteiger partial charge in [-0.25, -0.2) is 23.1 Å². The summed E-state index contributed by atoms with van der Waals surface area (Å²) in [7, 11) is -3.22. The molecule has 0 unspecified atom stereocenters. The number of rotatable bonds is 10. The smallest absolute Gasteiger partial charge is 0.213 e. The van der Waals surface area contributed by atoms with E-state index in [0.717, 1.165) is 30.8 Å². The lowest BCUT2D eigenvalue weighted by Gasteiger charge is -2.14. The van der Waals surface area contributed by atoms with Gasteiger partial charge in [0.05, 0.1) is 5.75 Å². The van der Waals surface area contributed by atoms with Gasteiger partial charge in [0.2, 0.25) is 10.0 Å². The first-order valence-corrected chi connectivity index (χ1v) is 8.98. The largest absolute Gasteiger partial charge is 0.370 e. The summed E-state index contributed by atoms with van der Waals surface area (Å²) in [5.41, 5.74) is 0.979. The maximum Gasteiger partial charge on any atom is 0.213 e. The Labute approximate surface area is 127 Å². The highest BCUT2D eigenvalue weighted by molar-refractivity contribution is 7.89. The van der Waals surface area contributed by atoms with Gasteiger partial charge in [0, 0.05) is 25.2 Å². The first-order valence-electron chi connectivity index (χ1n) is 7.33. The lowest BCUT2D eigenvalue weighted by atomic mass is 10.2. The molecular formula is C13H25N5O2S. The average Bonchev–Trinajstić information content (AvgIpc) is 2.44. The van der Waals surface area contributed by atoms with Gasteiger partial charge >= 0.3 is 0 Å². The predicted molar refractivity (Wildman–Crippen MR) is 86.1 cm³/mol. The molecule has 0 aliphatic heterocycles. The summed E-state index contributed by atoms with van der Waals surface area (Å²) in [4.78, 5) is 8.45. The molecule has 120 valence electrons. The first-order chi connectivity index (χ1) is 10.0. The Morgan fingerprint density at radius 1 is 1.05 bits per heavy atom.